The number of rotatable bonds is 5. The first-order valence-corrected chi connectivity index (χ1v) is 5.35. The molecule has 0 amide bonds. The molecule has 2 N–H and O–H groups in total. The molecule has 0 spiro atoms. The first-order valence-electron chi connectivity index (χ1n) is 4.97. The maximum atomic E-state index is 8.97. The van der Waals surface area contributed by atoms with Crippen LogP contribution in [0.2, 0.25) is 5.28 Å². The number of aliphatic hydroxyl groups is 1. The maximum Gasteiger partial charge on any atom is 0.224 e. The summed E-state index contributed by atoms with van der Waals surface area (Å²) in [5, 5.41) is 12.4. The summed E-state index contributed by atoms with van der Waals surface area (Å²) in [5.41, 5.74) is -0.160. The fourth-order valence-corrected chi connectivity index (χ4v) is 1.44. The van der Waals surface area contributed by atoms with Gasteiger partial charge in [-0.25, -0.2) is 9.97 Å². The number of nitrogens with one attached hydrogen (secondary N) is 1. The zero-order valence-corrected chi connectivity index (χ0v) is 9.75. The highest BCUT2D eigenvalue weighted by molar-refractivity contribution is 6.28. The summed E-state index contributed by atoms with van der Waals surface area (Å²) >= 11 is 5.68. The molecule has 1 heterocycles. The fraction of sp³-hybridized carbons (Fsp3) is 0.600. The Morgan fingerprint density at radius 2 is 2.33 bits per heavy atom. The summed E-state index contributed by atoms with van der Waals surface area (Å²) in [6, 6.07) is 1.76. The van der Waals surface area contributed by atoms with Crippen LogP contribution in [0, 0.1) is 0 Å². The Bertz CT molecular complexity index is 321. The molecule has 1 aromatic heterocycles. The first-order chi connectivity index (χ1) is 7.09. The number of hydrogen-bond acceptors (Lipinski definition) is 4. The molecule has 5 heteroatoms. The van der Waals surface area contributed by atoms with E-state index in [0.717, 1.165) is 6.42 Å². The average Bonchev–Trinajstić information content (AvgIpc) is 2.18. The van der Waals surface area contributed by atoms with Crippen LogP contribution in [0.1, 0.15) is 26.7 Å². The lowest BCUT2D eigenvalue weighted by Crippen LogP contribution is -2.35. The Kier molecular flexibility index (Phi) is 4.29. The highest BCUT2D eigenvalue weighted by atomic mass is 35.5. The van der Waals surface area contributed by atoms with Crippen LogP contribution in [-0.2, 0) is 0 Å². The molecule has 15 heavy (non-hydrogen) atoms. The van der Waals surface area contributed by atoms with Gasteiger partial charge in [0.15, 0.2) is 0 Å². The Hall–Kier alpha value is -0.870. The molecule has 0 aromatic carbocycles. The fourth-order valence-electron chi connectivity index (χ4n) is 1.29. The number of aliphatic hydroxyl groups excluding tert-OH is 1. The summed E-state index contributed by atoms with van der Waals surface area (Å²) in [6.45, 7) is 4.25. The molecule has 0 aliphatic heterocycles. The predicted octanol–water partition coefficient (Wildman–Crippen LogP) is 2.09. The van der Waals surface area contributed by atoms with Gasteiger partial charge in [0.1, 0.15) is 5.82 Å². The molecular weight excluding hydrogens is 214 g/mol. The van der Waals surface area contributed by atoms with E-state index in [1.807, 2.05) is 6.92 Å². The van der Waals surface area contributed by atoms with Gasteiger partial charge in [0.25, 0.3) is 0 Å². The van der Waals surface area contributed by atoms with E-state index in [9.17, 15) is 0 Å². The number of halogens is 1. The van der Waals surface area contributed by atoms with Gasteiger partial charge < -0.3 is 10.4 Å². The highest BCUT2D eigenvalue weighted by Crippen LogP contribution is 2.20. The summed E-state index contributed by atoms with van der Waals surface area (Å²) in [7, 11) is 0. The Morgan fingerprint density at radius 3 is 2.87 bits per heavy atom. The zero-order chi connectivity index (χ0) is 11.3. The van der Waals surface area contributed by atoms with Crippen molar-refractivity contribution in [3.05, 3.63) is 17.5 Å². The molecule has 0 saturated carbocycles. The van der Waals surface area contributed by atoms with E-state index in [1.54, 1.807) is 12.3 Å². The second kappa shape index (κ2) is 5.28. The van der Waals surface area contributed by atoms with Crippen LogP contribution in [0.15, 0.2) is 12.3 Å². The zero-order valence-electron chi connectivity index (χ0n) is 9.00. The van der Waals surface area contributed by atoms with E-state index in [4.69, 9.17) is 16.7 Å². The predicted molar refractivity (Wildman–Crippen MR) is 61.1 cm³/mol. The third kappa shape index (κ3) is 3.64. The minimum Gasteiger partial charge on any atom is -0.396 e. The van der Waals surface area contributed by atoms with Crippen molar-refractivity contribution in [3.8, 4) is 0 Å². The molecule has 1 aromatic rings. The van der Waals surface area contributed by atoms with Gasteiger partial charge in [-0.3, -0.25) is 0 Å². The van der Waals surface area contributed by atoms with Gasteiger partial charge in [-0.15, -0.1) is 0 Å². The Balaban J connectivity index is 2.74. The molecule has 0 aliphatic rings. The van der Waals surface area contributed by atoms with Crippen LogP contribution in [0.3, 0.4) is 0 Å². The van der Waals surface area contributed by atoms with Crippen molar-refractivity contribution < 1.29 is 5.11 Å². The molecule has 84 valence electrons. The highest BCUT2D eigenvalue weighted by Gasteiger charge is 2.21. The minimum absolute atomic E-state index is 0.149. The van der Waals surface area contributed by atoms with E-state index in [0.29, 0.717) is 12.2 Å². The molecule has 0 bridgehead atoms. The van der Waals surface area contributed by atoms with Gasteiger partial charge in [-0.05, 0) is 37.4 Å². The van der Waals surface area contributed by atoms with Gasteiger partial charge in [-0.2, -0.15) is 0 Å². The third-order valence-electron chi connectivity index (χ3n) is 2.50. The molecule has 1 rings (SSSR count). The SMILES string of the molecule is CCC(C)(CCO)Nc1ccnc(Cl)n1. The normalized spacial score (nSPS) is 14.7. The van der Waals surface area contributed by atoms with Gasteiger partial charge in [0.05, 0.1) is 0 Å². The average molecular weight is 230 g/mol. The van der Waals surface area contributed by atoms with Crippen LogP contribution in [-0.4, -0.2) is 27.2 Å². The number of aromatic nitrogens is 2. The van der Waals surface area contributed by atoms with Crippen molar-refractivity contribution in [1.82, 2.24) is 9.97 Å². The quantitative estimate of drug-likeness (QED) is 0.760. The van der Waals surface area contributed by atoms with Crippen LogP contribution in [0.25, 0.3) is 0 Å². The summed E-state index contributed by atoms with van der Waals surface area (Å²) in [4.78, 5) is 7.86. The third-order valence-corrected chi connectivity index (χ3v) is 2.68. The van der Waals surface area contributed by atoms with Crippen molar-refractivity contribution in [2.45, 2.75) is 32.2 Å². The van der Waals surface area contributed by atoms with Crippen LogP contribution in [0.5, 0.6) is 0 Å². The van der Waals surface area contributed by atoms with Crippen LogP contribution in [0.4, 0.5) is 5.82 Å². The van der Waals surface area contributed by atoms with E-state index in [-0.39, 0.29) is 17.4 Å². The van der Waals surface area contributed by atoms with Crippen molar-refractivity contribution in [2.24, 2.45) is 0 Å². The van der Waals surface area contributed by atoms with Gasteiger partial charge >= 0.3 is 0 Å². The van der Waals surface area contributed by atoms with E-state index < -0.39 is 0 Å². The lowest BCUT2D eigenvalue weighted by atomic mass is 9.95. The van der Waals surface area contributed by atoms with E-state index in [2.05, 4.69) is 22.2 Å². The molecule has 1 unspecified atom stereocenters. The lowest BCUT2D eigenvalue weighted by Gasteiger charge is -2.29. The van der Waals surface area contributed by atoms with Gasteiger partial charge in [0.2, 0.25) is 5.28 Å². The van der Waals surface area contributed by atoms with E-state index in [1.165, 1.54) is 0 Å². The minimum atomic E-state index is -0.160. The molecular formula is C10H16ClN3O. The Labute approximate surface area is 94.7 Å². The van der Waals surface area contributed by atoms with Crippen LogP contribution >= 0.6 is 11.6 Å². The van der Waals surface area contributed by atoms with Crippen molar-refractivity contribution in [2.75, 3.05) is 11.9 Å². The molecule has 0 aliphatic carbocycles. The van der Waals surface area contributed by atoms with Crippen LogP contribution < -0.4 is 5.32 Å². The van der Waals surface area contributed by atoms with E-state index >= 15 is 0 Å². The largest absolute Gasteiger partial charge is 0.396 e. The van der Waals surface area contributed by atoms with Crippen molar-refractivity contribution in [1.29, 1.82) is 0 Å². The monoisotopic (exact) mass is 229 g/mol. The second-order valence-electron chi connectivity index (χ2n) is 3.72. The summed E-state index contributed by atoms with van der Waals surface area (Å²) in [5.74, 6) is 0.688. The maximum absolute atomic E-state index is 8.97. The van der Waals surface area contributed by atoms with Crippen molar-refractivity contribution in [3.63, 3.8) is 0 Å². The number of nitrogens with zero attached hydrogens (tertiary/aromatic N) is 2. The Morgan fingerprint density at radius 1 is 1.60 bits per heavy atom. The number of anilines is 1. The summed E-state index contributed by atoms with van der Waals surface area (Å²) in [6.07, 6.45) is 3.17. The van der Waals surface area contributed by atoms with Gasteiger partial charge in [0, 0.05) is 18.3 Å². The lowest BCUT2D eigenvalue weighted by molar-refractivity contribution is 0.252. The summed E-state index contributed by atoms with van der Waals surface area (Å²) < 4.78 is 0. The topological polar surface area (TPSA) is 58.0 Å². The molecule has 1 atom stereocenters. The standard InChI is InChI=1S/C10H16ClN3O/c1-3-10(2,5-7-15)14-8-4-6-12-9(11)13-8/h4,6,15H,3,5,7H2,1-2H3,(H,12,13,14). The smallest absolute Gasteiger partial charge is 0.224 e. The number of hydrogen-bond donors (Lipinski definition) is 2. The second-order valence-corrected chi connectivity index (χ2v) is 4.06. The molecule has 0 radical (unpaired) electrons. The van der Waals surface area contributed by atoms with Gasteiger partial charge in [-0.1, -0.05) is 6.92 Å². The molecule has 0 fully saturated rings. The molecule has 4 nitrogen and oxygen atoms in total. The first kappa shape index (κ1) is 12.2. The van der Waals surface area contributed by atoms with Crippen molar-refractivity contribution >= 4 is 17.4 Å². The molecule has 0 saturated heterocycles.